The second kappa shape index (κ2) is 8.32. The zero-order valence-electron chi connectivity index (χ0n) is 12.9. The fourth-order valence-electron chi connectivity index (χ4n) is 2.03. The number of benzene rings is 1. The van der Waals surface area contributed by atoms with Crippen molar-refractivity contribution in [1.29, 1.82) is 0 Å². The van der Waals surface area contributed by atoms with Gasteiger partial charge in [0, 0.05) is 17.6 Å². The van der Waals surface area contributed by atoms with Crippen LogP contribution >= 0.6 is 0 Å². The topological polar surface area (TPSA) is 15.3 Å². The maximum atomic E-state index is 13.6. The molecule has 0 aliphatic heterocycles. The highest BCUT2D eigenvalue weighted by molar-refractivity contribution is 5.21. The lowest BCUT2D eigenvalue weighted by molar-refractivity contribution is 0.267. The van der Waals surface area contributed by atoms with Crippen LogP contribution in [0.3, 0.4) is 0 Å². The standard InChI is InChI=1S/C16H26F2N2/c1-12(2)20(4)11-6-5-10-19-13(3)14-8-7-9-15(17)16(14)18/h7-9,12-13,19H,5-6,10-11H2,1-4H3. The van der Waals surface area contributed by atoms with E-state index in [1.807, 2.05) is 6.92 Å². The van der Waals surface area contributed by atoms with E-state index in [2.05, 4.69) is 31.1 Å². The van der Waals surface area contributed by atoms with Gasteiger partial charge in [0.05, 0.1) is 0 Å². The van der Waals surface area contributed by atoms with E-state index >= 15 is 0 Å². The van der Waals surface area contributed by atoms with Crippen molar-refractivity contribution in [2.24, 2.45) is 0 Å². The normalized spacial score (nSPS) is 13.2. The zero-order valence-corrected chi connectivity index (χ0v) is 12.9. The summed E-state index contributed by atoms with van der Waals surface area (Å²) in [6.07, 6.45) is 2.12. The molecule has 1 rings (SSSR count). The third-order valence-corrected chi connectivity index (χ3v) is 3.72. The highest BCUT2D eigenvalue weighted by Crippen LogP contribution is 2.18. The summed E-state index contributed by atoms with van der Waals surface area (Å²) in [5.41, 5.74) is 0.393. The van der Waals surface area contributed by atoms with Crippen LogP contribution in [0.15, 0.2) is 18.2 Å². The first-order valence-electron chi connectivity index (χ1n) is 7.31. The van der Waals surface area contributed by atoms with E-state index < -0.39 is 11.6 Å². The molecule has 1 unspecified atom stereocenters. The van der Waals surface area contributed by atoms with Gasteiger partial charge in [0.15, 0.2) is 11.6 Å². The molecule has 1 aromatic rings. The van der Waals surface area contributed by atoms with Gasteiger partial charge in [0.2, 0.25) is 0 Å². The van der Waals surface area contributed by atoms with Gasteiger partial charge in [-0.1, -0.05) is 12.1 Å². The van der Waals surface area contributed by atoms with Gasteiger partial charge in [-0.3, -0.25) is 0 Å². The molecule has 114 valence electrons. The van der Waals surface area contributed by atoms with Crippen molar-refractivity contribution in [3.63, 3.8) is 0 Å². The van der Waals surface area contributed by atoms with E-state index in [-0.39, 0.29) is 6.04 Å². The molecule has 1 aromatic carbocycles. The van der Waals surface area contributed by atoms with Crippen LogP contribution in [0.2, 0.25) is 0 Å². The largest absolute Gasteiger partial charge is 0.310 e. The van der Waals surface area contributed by atoms with Crippen molar-refractivity contribution in [2.75, 3.05) is 20.1 Å². The number of hydrogen-bond acceptors (Lipinski definition) is 2. The van der Waals surface area contributed by atoms with Gasteiger partial charge in [0.25, 0.3) is 0 Å². The summed E-state index contributed by atoms with van der Waals surface area (Å²) in [7, 11) is 2.11. The van der Waals surface area contributed by atoms with Crippen LogP contribution in [0.4, 0.5) is 8.78 Å². The maximum absolute atomic E-state index is 13.6. The molecule has 0 saturated heterocycles. The average molecular weight is 284 g/mol. The molecular weight excluding hydrogens is 258 g/mol. The molecule has 20 heavy (non-hydrogen) atoms. The monoisotopic (exact) mass is 284 g/mol. The van der Waals surface area contributed by atoms with Crippen molar-refractivity contribution in [3.05, 3.63) is 35.4 Å². The minimum atomic E-state index is -0.783. The molecule has 0 spiro atoms. The smallest absolute Gasteiger partial charge is 0.163 e. The fourth-order valence-corrected chi connectivity index (χ4v) is 2.03. The van der Waals surface area contributed by atoms with Crippen molar-refractivity contribution in [2.45, 2.75) is 45.7 Å². The Labute approximate surface area is 121 Å². The third-order valence-electron chi connectivity index (χ3n) is 3.72. The Morgan fingerprint density at radius 1 is 1.15 bits per heavy atom. The van der Waals surface area contributed by atoms with E-state index in [9.17, 15) is 8.78 Å². The van der Waals surface area contributed by atoms with E-state index in [0.717, 1.165) is 32.0 Å². The van der Waals surface area contributed by atoms with E-state index in [1.54, 1.807) is 12.1 Å². The molecule has 0 aliphatic carbocycles. The molecule has 1 N–H and O–H groups in total. The Balaban J connectivity index is 2.30. The van der Waals surface area contributed by atoms with E-state index in [0.29, 0.717) is 11.6 Å². The summed E-state index contributed by atoms with van der Waals surface area (Å²) in [5.74, 6) is -1.53. The maximum Gasteiger partial charge on any atom is 0.163 e. The van der Waals surface area contributed by atoms with Gasteiger partial charge >= 0.3 is 0 Å². The molecule has 0 bridgehead atoms. The van der Waals surface area contributed by atoms with Crippen LogP contribution in [-0.4, -0.2) is 31.1 Å². The van der Waals surface area contributed by atoms with E-state index in [1.165, 1.54) is 0 Å². The third kappa shape index (κ3) is 5.17. The lowest BCUT2D eigenvalue weighted by Crippen LogP contribution is -2.28. The molecule has 0 aliphatic rings. The average Bonchev–Trinajstić information content (AvgIpc) is 2.40. The van der Waals surface area contributed by atoms with Crippen molar-refractivity contribution >= 4 is 0 Å². The van der Waals surface area contributed by atoms with Crippen LogP contribution in [0.1, 0.15) is 45.2 Å². The number of rotatable bonds is 8. The summed E-state index contributed by atoms with van der Waals surface area (Å²) in [6.45, 7) is 8.07. The summed E-state index contributed by atoms with van der Waals surface area (Å²) >= 11 is 0. The molecule has 0 aromatic heterocycles. The van der Waals surface area contributed by atoms with Crippen LogP contribution in [0.25, 0.3) is 0 Å². The molecule has 0 fully saturated rings. The van der Waals surface area contributed by atoms with Gasteiger partial charge in [-0.2, -0.15) is 0 Å². The predicted octanol–water partition coefficient (Wildman–Crippen LogP) is 3.74. The van der Waals surface area contributed by atoms with Gasteiger partial charge in [0.1, 0.15) is 0 Å². The van der Waals surface area contributed by atoms with Crippen LogP contribution in [-0.2, 0) is 0 Å². The molecule has 4 heteroatoms. The quantitative estimate of drug-likeness (QED) is 0.732. The van der Waals surface area contributed by atoms with Crippen molar-refractivity contribution < 1.29 is 8.78 Å². The molecule has 0 amide bonds. The first-order chi connectivity index (χ1) is 9.43. The molecule has 0 saturated carbocycles. The predicted molar refractivity (Wildman–Crippen MR) is 79.8 cm³/mol. The number of halogens is 2. The lowest BCUT2D eigenvalue weighted by atomic mass is 10.1. The number of unbranched alkanes of at least 4 members (excludes halogenated alkanes) is 1. The van der Waals surface area contributed by atoms with E-state index in [4.69, 9.17) is 0 Å². The van der Waals surface area contributed by atoms with Crippen LogP contribution < -0.4 is 5.32 Å². The summed E-state index contributed by atoms with van der Waals surface area (Å²) < 4.78 is 26.7. The molecule has 0 radical (unpaired) electrons. The van der Waals surface area contributed by atoms with Gasteiger partial charge in [-0.15, -0.1) is 0 Å². The summed E-state index contributed by atoms with van der Waals surface area (Å²) in [4.78, 5) is 2.30. The Hall–Kier alpha value is -1.00. The SMILES string of the molecule is CC(NCCCCN(C)C(C)C)c1cccc(F)c1F. The molecular formula is C16H26F2N2. The summed E-state index contributed by atoms with van der Waals surface area (Å²) in [6, 6.07) is 4.70. The minimum absolute atomic E-state index is 0.173. The number of nitrogens with one attached hydrogen (secondary N) is 1. The first kappa shape index (κ1) is 17.1. The highest BCUT2D eigenvalue weighted by Gasteiger charge is 2.13. The minimum Gasteiger partial charge on any atom is -0.310 e. The molecule has 1 atom stereocenters. The Morgan fingerprint density at radius 3 is 2.50 bits per heavy atom. The van der Waals surface area contributed by atoms with Gasteiger partial charge in [-0.25, -0.2) is 8.78 Å². The first-order valence-corrected chi connectivity index (χ1v) is 7.31. The zero-order chi connectivity index (χ0) is 15.1. The molecule has 2 nitrogen and oxygen atoms in total. The summed E-state index contributed by atoms with van der Waals surface area (Å²) in [5, 5.41) is 3.24. The Morgan fingerprint density at radius 2 is 1.85 bits per heavy atom. The van der Waals surface area contributed by atoms with Crippen molar-refractivity contribution in [3.8, 4) is 0 Å². The molecule has 0 heterocycles. The number of nitrogens with zero attached hydrogens (tertiary/aromatic N) is 1. The number of hydrogen-bond donors (Lipinski definition) is 1. The lowest BCUT2D eigenvalue weighted by Gasteiger charge is -2.21. The van der Waals surface area contributed by atoms with Gasteiger partial charge < -0.3 is 10.2 Å². The Kier molecular flexibility index (Phi) is 7.10. The van der Waals surface area contributed by atoms with Gasteiger partial charge in [-0.05, 0) is 59.8 Å². The highest BCUT2D eigenvalue weighted by atomic mass is 19.2. The fraction of sp³-hybridized carbons (Fsp3) is 0.625. The van der Waals surface area contributed by atoms with Crippen LogP contribution in [0.5, 0.6) is 0 Å². The van der Waals surface area contributed by atoms with Crippen molar-refractivity contribution in [1.82, 2.24) is 10.2 Å². The van der Waals surface area contributed by atoms with Crippen LogP contribution in [0, 0.1) is 11.6 Å². The second-order valence-electron chi connectivity index (χ2n) is 5.60. The Bertz CT molecular complexity index is 407. The second-order valence-corrected chi connectivity index (χ2v) is 5.60.